The number of hydrogen-bond donors (Lipinski definition) is 2. The molecule has 0 radical (unpaired) electrons. The second-order valence-electron chi connectivity index (χ2n) is 5.39. The molecule has 0 aliphatic carbocycles. The number of nitrogens with one attached hydrogen (secondary N) is 2. The van der Waals surface area contributed by atoms with Gasteiger partial charge in [-0.05, 0) is 31.4 Å². The highest BCUT2D eigenvalue weighted by atomic mass is 16.5. The minimum absolute atomic E-state index is 0.228. The summed E-state index contributed by atoms with van der Waals surface area (Å²) < 4.78 is 10.5. The van der Waals surface area contributed by atoms with Gasteiger partial charge in [0.05, 0.1) is 6.61 Å². The van der Waals surface area contributed by atoms with E-state index in [4.69, 9.17) is 9.47 Å². The zero-order chi connectivity index (χ0) is 17.2. The van der Waals surface area contributed by atoms with Gasteiger partial charge in [-0.1, -0.05) is 32.0 Å². The Bertz CT molecular complexity index is 517. The maximum atomic E-state index is 12.0. The van der Waals surface area contributed by atoms with Crippen molar-refractivity contribution in [3.05, 3.63) is 29.8 Å². The SMILES string of the molecule is CCOC(=O)NCCNC(=O)C(C)Oc1ccccc1C(C)C. The molecule has 1 rings (SSSR count). The largest absolute Gasteiger partial charge is 0.481 e. The Balaban J connectivity index is 2.41. The summed E-state index contributed by atoms with van der Waals surface area (Å²) in [6.45, 7) is 8.53. The van der Waals surface area contributed by atoms with Crippen LogP contribution >= 0.6 is 0 Å². The molecule has 1 aromatic carbocycles. The number of hydrogen-bond acceptors (Lipinski definition) is 4. The van der Waals surface area contributed by atoms with Crippen molar-refractivity contribution in [3.8, 4) is 5.75 Å². The molecular formula is C17H26N2O4. The van der Waals surface area contributed by atoms with E-state index >= 15 is 0 Å². The van der Waals surface area contributed by atoms with E-state index in [9.17, 15) is 9.59 Å². The standard InChI is InChI=1S/C17H26N2O4/c1-5-22-17(21)19-11-10-18-16(20)13(4)23-15-9-7-6-8-14(15)12(2)3/h6-9,12-13H,5,10-11H2,1-4H3,(H,18,20)(H,19,21). The molecule has 0 aliphatic heterocycles. The number of para-hydroxylation sites is 1. The average Bonchev–Trinajstić information content (AvgIpc) is 2.51. The molecule has 0 fully saturated rings. The minimum Gasteiger partial charge on any atom is -0.481 e. The third-order valence-electron chi connectivity index (χ3n) is 3.18. The summed E-state index contributed by atoms with van der Waals surface area (Å²) in [5.74, 6) is 0.805. The normalized spacial score (nSPS) is 11.7. The van der Waals surface area contributed by atoms with Gasteiger partial charge < -0.3 is 20.1 Å². The van der Waals surface area contributed by atoms with Crippen LogP contribution < -0.4 is 15.4 Å². The van der Waals surface area contributed by atoms with Crippen LogP contribution in [0.2, 0.25) is 0 Å². The summed E-state index contributed by atoms with van der Waals surface area (Å²) in [6.07, 6.45) is -1.10. The number of carbonyl (C=O) groups is 2. The van der Waals surface area contributed by atoms with Gasteiger partial charge in [0, 0.05) is 13.1 Å². The van der Waals surface area contributed by atoms with Gasteiger partial charge in [-0.3, -0.25) is 4.79 Å². The van der Waals surface area contributed by atoms with E-state index in [1.54, 1.807) is 13.8 Å². The first-order valence-corrected chi connectivity index (χ1v) is 7.89. The van der Waals surface area contributed by atoms with Gasteiger partial charge in [-0.25, -0.2) is 4.79 Å². The molecule has 2 N–H and O–H groups in total. The van der Waals surface area contributed by atoms with Crippen molar-refractivity contribution in [1.29, 1.82) is 0 Å². The van der Waals surface area contributed by atoms with Gasteiger partial charge in [-0.15, -0.1) is 0 Å². The Morgan fingerprint density at radius 1 is 1.09 bits per heavy atom. The van der Waals surface area contributed by atoms with Crippen molar-refractivity contribution in [2.75, 3.05) is 19.7 Å². The average molecular weight is 322 g/mol. The van der Waals surface area contributed by atoms with Crippen LogP contribution in [-0.4, -0.2) is 37.8 Å². The first kappa shape index (κ1) is 18.8. The summed E-state index contributed by atoms with van der Waals surface area (Å²) in [6, 6.07) is 7.69. The molecule has 0 bridgehead atoms. The Hall–Kier alpha value is -2.24. The van der Waals surface area contributed by atoms with Crippen LogP contribution in [0, 0.1) is 0 Å². The summed E-state index contributed by atoms with van der Waals surface area (Å²) >= 11 is 0. The number of ether oxygens (including phenoxy) is 2. The molecule has 0 saturated carbocycles. The first-order valence-electron chi connectivity index (χ1n) is 7.89. The lowest BCUT2D eigenvalue weighted by atomic mass is 10.0. The fraction of sp³-hybridized carbons (Fsp3) is 0.529. The Morgan fingerprint density at radius 2 is 1.74 bits per heavy atom. The topological polar surface area (TPSA) is 76.7 Å². The molecule has 23 heavy (non-hydrogen) atoms. The quantitative estimate of drug-likeness (QED) is 0.721. The third-order valence-corrected chi connectivity index (χ3v) is 3.18. The van der Waals surface area contributed by atoms with E-state index in [2.05, 4.69) is 24.5 Å². The second-order valence-corrected chi connectivity index (χ2v) is 5.39. The predicted molar refractivity (Wildman–Crippen MR) is 88.7 cm³/mol. The Kier molecular flexibility index (Phi) is 7.94. The van der Waals surface area contributed by atoms with Gasteiger partial charge in [-0.2, -0.15) is 0 Å². The third kappa shape index (κ3) is 6.59. The minimum atomic E-state index is -0.613. The molecule has 0 aliphatic rings. The molecule has 0 aromatic heterocycles. The Labute approximate surface area is 137 Å². The molecule has 1 aromatic rings. The van der Waals surface area contributed by atoms with Gasteiger partial charge in [0.1, 0.15) is 5.75 Å². The van der Waals surface area contributed by atoms with Crippen molar-refractivity contribution < 1.29 is 19.1 Å². The maximum Gasteiger partial charge on any atom is 0.407 e. The van der Waals surface area contributed by atoms with E-state index in [0.29, 0.717) is 25.6 Å². The molecule has 6 nitrogen and oxygen atoms in total. The maximum absolute atomic E-state index is 12.0. The van der Waals surface area contributed by atoms with E-state index in [1.165, 1.54) is 0 Å². The number of benzene rings is 1. The van der Waals surface area contributed by atoms with Crippen molar-refractivity contribution in [3.63, 3.8) is 0 Å². The van der Waals surface area contributed by atoms with Crippen LogP contribution in [-0.2, 0) is 9.53 Å². The monoisotopic (exact) mass is 322 g/mol. The van der Waals surface area contributed by atoms with Crippen LogP contribution in [0.3, 0.4) is 0 Å². The van der Waals surface area contributed by atoms with E-state index in [-0.39, 0.29) is 5.91 Å². The van der Waals surface area contributed by atoms with E-state index < -0.39 is 12.2 Å². The summed E-state index contributed by atoms with van der Waals surface area (Å²) in [7, 11) is 0. The number of amides is 2. The molecule has 0 heterocycles. The number of alkyl carbamates (subject to hydrolysis) is 1. The molecule has 6 heteroatoms. The van der Waals surface area contributed by atoms with Crippen LogP contribution in [0.25, 0.3) is 0 Å². The smallest absolute Gasteiger partial charge is 0.407 e. The van der Waals surface area contributed by atoms with E-state index in [0.717, 1.165) is 11.3 Å². The fourth-order valence-electron chi connectivity index (χ4n) is 1.98. The van der Waals surface area contributed by atoms with Crippen LogP contribution in [0.4, 0.5) is 4.79 Å². The van der Waals surface area contributed by atoms with Crippen LogP contribution in [0.1, 0.15) is 39.2 Å². The highest BCUT2D eigenvalue weighted by Crippen LogP contribution is 2.26. The van der Waals surface area contributed by atoms with Gasteiger partial charge in [0.25, 0.3) is 5.91 Å². The molecule has 0 spiro atoms. The Morgan fingerprint density at radius 3 is 2.39 bits per heavy atom. The molecule has 1 atom stereocenters. The summed E-state index contributed by atoms with van der Waals surface area (Å²) in [4.78, 5) is 23.1. The molecule has 0 saturated heterocycles. The van der Waals surface area contributed by atoms with Crippen molar-refractivity contribution in [1.82, 2.24) is 10.6 Å². The highest BCUT2D eigenvalue weighted by molar-refractivity contribution is 5.80. The van der Waals surface area contributed by atoms with Crippen molar-refractivity contribution in [2.24, 2.45) is 0 Å². The van der Waals surface area contributed by atoms with Crippen molar-refractivity contribution >= 4 is 12.0 Å². The summed E-state index contributed by atoms with van der Waals surface area (Å²) in [5.41, 5.74) is 1.07. The van der Waals surface area contributed by atoms with Gasteiger partial charge in [0.2, 0.25) is 0 Å². The lowest BCUT2D eigenvalue weighted by Gasteiger charge is -2.18. The zero-order valence-corrected chi connectivity index (χ0v) is 14.2. The lowest BCUT2D eigenvalue weighted by Crippen LogP contribution is -2.40. The number of rotatable bonds is 8. The fourth-order valence-corrected chi connectivity index (χ4v) is 1.98. The molecular weight excluding hydrogens is 296 g/mol. The molecule has 2 amide bonds. The molecule has 128 valence electrons. The van der Waals surface area contributed by atoms with Gasteiger partial charge in [0.15, 0.2) is 6.10 Å². The lowest BCUT2D eigenvalue weighted by molar-refractivity contribution is -0.127. The predicted octanol–water partition coefficient (Wildman–Crippen LogP) is 2.44. The molecule has 1 unspecified atom stereocenters. The van der Waals surface area contributed by atoms with Crippen LogP contribution in [0.15, 0.2) is 24.3 Å². The highest BCUT2D eigenvalue weighted by Gasteiger charge is 2.16. The number of carbonyl (C=O) groups excluding carboxylic acids is 2. The van der Waals surface area contributed by atoms with Gasteiger partial charge >= 0.3 is 6.09 Å². The van der Waals surface area contributed by atoms with Crippen LogP contribution in [0.5, 0.6) is 5.75 Å². The van der Waals surface area contributed by atoms with E-state index in [1.807, 2.05) is 24.3 Å². The zero-order valence-electron chi connectivity index (χ0n) is 14.2. The first-order chi connectivity index (χ1) is 11.0. The summed E-state index contributed by atoms with van der Waals surface area (Å²) in [5, 5.41) is 5.25. The second kappa shape index (κ2) is 9.71. The van der Waals surface area contributed by atoms with Crippen molar-refractivity contribution in [2.45, 2.75) is 39.7 Å².